The SMILES string of the molecule is CC(=O)c1cc(C(C)=O)cc([C@@H](C)O)c1. The fourth-order valence-corrected chi connectivity index (χ4v) is 1.30. The third kappa shape index (κ3) is 2.73. The molecule has 0 saturated carbocycles. The zero-order chi connectivity index (χ0) is 11.6. The van der Waals surface area contributed by atoms with Crippen molar-refractivity contribution in [2.45, 2.75) is 26.9 Å². The summed E-state index contributed by atoms with van der Waals surface area (Å²) >= 11 is 0. The van der Waals surface area contributed by atoms with Crippen LogP contribution in [0.1, 0.15) is 53.2 Å². The molecule has 0 amide bonds. The number of ketones is 2. The summed E-state index contributed by atoms with van der Waals surface area (Å²) in [5.74, 6) is -0.222. The van der Waals surface area contributed by atoms with Gasteiger partial charge in [-0.3, -0.25) is 9.59 Å². The number of hydrogen-bond donors (Lipinski definition) is 1. The van der Waals surface area contributed by atoms with Crippen LogP contribution >= 0.6 is 0 Å². The van der Waals surface area contributed by atoms with E-state index >= 15 is 0 Å². The van der Waals surface area contributed by atoms with Gasteiger partial charge in [0, 0.05) is 11.1 Å². The van der Waals surface area contributed by atoms with Crippen molar-refractivity contribution in [2.75, 3.05) is 0 Å². The quantitative estimate of drug-likeness (QED) is 0.771. The van der Waals surface area contributed by atoms with Crippen LogP contribution in [-0.4, -0.2) is 16.7 Å². The summed E-state index contributed by atoms with van der Waals surface area (Å²) in [6.45, 7) is 4.47. The molecule has 0 fully saturated rings. The maximum Gasteiger partial charge on any atom is 0.159 e. The molecule has 0 saturated heterocycles. The van der Waals surface area contributed by atoms with Gasteiger partial charge in [0.25, 0.3) is 0 Å². The van der Waals surface area contributed by atoms with Crippen LogP contribution in [0.5, 0.6) is 0 Å². The number of carbonyl (C=O) groups is 2. The first-order valence-electron chi connectivity index (χ1n) is 4.76. The lowest BCUT2D eigenvalue weighted by Gasteiger charge is -2.08. The van der Waals surface area contributed by atoms with E-state index < -0.39 is 6.10 Å². The van der Waals surface area contributed by atoms with Gasteiger partial charge in [-0.15, -0.1) is 0 Å². The zero-order valence-corrected chi connectivity index (χ0v) is 9.07. The Labute approximate surface area is 88.7 Å². The number of Topliss-reactive ketones (excluding diaryl/α,β-unsaturated/α-hetero) is 2. The first kappa shape index (κ1) is 11.6. The van der Waals surface area contributed by atoms with Crippen LogP contribution in [-0.2, 0) is 0 Å². The lowest BCUT2D eigenvalue weighted by Crippen LogP contribution is -2.02. The molecule has 15 heavy (non-hydrogen) atoms. The monoisotopic (exact) mass is 206 g/mol. The summed E-state index contributed by atoms with van der Waals surface area (Å²) in [7, 11) is 0. The Morgan fingerprint density at radius 1 is 1.07 bits per heavy atom. The molecular formula is C12H14O3. The Balaban J connectivity index is 3.32. The second-order valence-corrected chi connectivity index (χ2v) is 3.63. The van der Waals surface area contributed by atoms with Crippen LogP contribution in [0, 0.1) is 0 Å². The molecule has 3 heteroatoms. The summed E-state index contributed by atoms with van der Waals surface area (Å²) in [6.07, 6.45) is -0.678. The molecule has 0 aromatic heterocycles. The van der Waals surface area contributed by atoms with Crippen molar-refractivity contribution in [3.8, 4) is 0 Å². The van der Waals surface area contributed by atoms with Gasteiger partial charge in [-0.2, -0.15) is 0 Å². The van der Waals surface area contributed by atoms with E-state index in [4.69, 9.17) is 0 Å². The van der Waals surface area contributed by atoms with Crippen LogP contribution in [0.15, 0.2) is 18.2 Å². The molecule has 1 atom stereocenters. The van der Waals surface area contributed by atoms with E-state index in [-0.39, 0.29) is 11.6 Å². The van der Waals surface area contributed by atoms with E-state index in [1.54, 1.807) is 25.1 Å². The second-order valence-electron chi connectivity index (χ2n) is 3.63. The fraction of sp³-hybridized carbons (Fsp3) is 0.333. The number of benzene rings is 1. The summed E-state index contributed by atoms with van der Waals surface area (Å²) in [5.41, 5.74) is 1.50. The molecule has 1 N–H and O–H groups in total. The van der Waals surface area contributed by atoms with E-state index in [0.29, 0.717) is 16.7 Å². The van der Waals surface area contributed by atoms with Gasteiger partial charge >= 0.3 is 0 Å². The average Bonchev–Trinajstić information content (AvgIpc) is 2.16. The van der Waals surface area contributed by atoms with E-state index in [1.165, 1.54) is 13.8 Å². The van der Waals surface area contributed by atoms with Crippen molar-refractivity contribution in [1.29, 1.82) is 0 Å². The number of rotatable bonds is 3. The minimum atomic E-state index is -0.678. The van der Waals surface area contributed by atoms with Gasteiger partial charge in [0.15, 0.2) is 11.6 Å². The Morgan fingerprint density at radius 3 is 1.73 bits per heavy atom. The van der Waals surface area contributed by atoms with E-state index in [9.17, 15) is 14.7 Å². The van der Waals surface area contributed by atoms with Crippen molar-refractivity contribution in [3.63, 3.8) is 0 Å². The highest BCUT2D eigenvalue weighted by Gasteiger charge is 2.10. The second kappa shape index (κ2) is 4.36. The Bertz CT molecular complexity index is 373. The van der Waals surface area contributed by atoms with E-state index in [1.807, 2.05) is 0 Å². The van der Waals surface area contributed by atoms with Crippen molar-refractivity contribution in [2.24, 2.45) is 0 Å². The zero-order valence-electron chi connectivity index (χ0n) is 9.07. The lowest BCUT2D eigenvalue weighted by atomic mass is 9.99. The standard InChI is InChI=1S/C12H14O3/c1-7(13)10-4-11(8(2)14)6-12(5-10)9(3)15/h4-7,13H,1-3H3/t7-/m1/s1. The molecule has 0 aliphatic heterocycles. The van der Waals surface area contributed by atoms with Crippen molar-refractivity contribution < 1.29 is 14.7 Å². The van der Waals surface area contributed by atoms with Gasteiger partial charge in [0.2, 0.25) is 0 Å². The number of aliphatic hydroxyl groups is 1. The first-order valence-corrected chi connectivity index (χ1v) is 4.76. The normalized spacial score (nSPS) is 12.3. The van der Waals surface area contributed by atoms with Gasteiger partial charge < -0.3 is 5.11 Å². The maximum absolute atomic E-state index is 11.2. The molecule has 0 spiro atoms. The minimum absolute atomic E-state index is 0.111. The largest absolute Gasteiger partial charge is 0.389 e. The van der Waals surface area contributed by atoms with Gasteiger partial charge in [-0.05, 0) is 44.5 Å². The van der Waals surface area contributed by atoms with Crippen LogP contribution < -0.4 is 0 Å². The van der Waals surface area contributed by atoms with Crippen LogP contribution in [0.2, 0.25) is 0 Å². The summed E-state index contributed by atoms with van der Waals surface area (Å²) < 4.78 is 0. The van der Waals surface area contributed by atoms with Crippen molar-refractivity contribution in [1.82, 2.24) is 0 Å². The number of hydrogen-bond acceptors (Lipinski definition) is 3. The Hall–Kier alpha value is -1.48. The molecule has 0 aliphatic rings. The smallest absolute Gasteiger partial charge is 0.159 e. The Morgan fingerprint density at radius 2 is 1.47 bits per heavy atom. The Kier molecular flexibility index (Phi) is 3.37. The highest BCUT2D eigenvalue weighted by Crippen LogP contribution is 2.17. The molecule has 0 unspecified atom stereocenters. The third-order valence-electron chi connectivity index (χ3n) is 2.25. The fourth-order valence-electron chi connectivity index (χ4n) is 1.30. The van der Waals surface area contributed by atoms with Crippen LogP contribution in [0.4, 0.5) is 0 Å². The number of aliphatic hydroxyl groups excluding tert-OH is 1. The first-order chi connectivity index (χ1) is 6.91. The highest BCUT2D eigenvalue weighted by atomic mass is 16.3. The molecule has 0 heterocycles. The van der Waals surface area contributed by atoms with Crippen molar-refractivity contribution in [3.05, 3.63) is 34.9 Å². The molecule has 0 radical (unpaired) electrons. The minimum Gasteiger partial charge on any atom is -0.389 e. The number of carbonyl (C=O) groups excluding carboxylic acids is 2. The summed E-state index contributed by atoms with van der Waals surface area (Å²) in [4.78, 5) is 22.4. The molecule has 1 rings (SSSR count). The molecule has 0 bridgehead atoms. The molecule has 0 aliphatic carbocycles. The molecule has 3 nitrogen and oxygen atoms in total. The molecule has 1 aromatic carbocycles. The van der Waals surface area contributed by atoms with Gasteiger partial charge in [-0.25, -0.2) is 0 Å². The van der Waals surface area contributed by atoms with Gasteiger partial charge in [0.1, 0.15) is 0 Å². The molecule has 1 aromatic rings. The lowest BCUT2D eigenvalue weighted by molar-refractivity contribution is 0.101. The molecular weight excluding hydrogens is 192 g/mol. The van der Waals surface area contributed by atoms with E-state index in [2.05, 4.69) is 0 Å². The third-order valence-corrected chi connectivity index (χ3v) is 2.25. The van der Waals surface area contributed by atoms with Crippen LogP contribution in [0.3, 0.4) is 0 Å². The van der Waals surface area contributed by atoms with Crippen LogP contribution in [0.25, 0.3) is 0 Å². The van der Waals surface area contributed by atoms with Gasteiger partial charge in [0.05, 0.1) is 6.10 Å². The van der Waals surface area contributed by atoms with Gasteiger partial charge in [-0.1, -0.05) is 0 Å². The molecule has 80 valence electrons. The summed E-state index contributed by atoms with van der Waals surface area (Å²) in [5, 5.41) is 9.41. The summed E-state index contributed by atoms with van der Waals surface area (Å²) in [6, 6.07) is 4.77. The predicted octanol–water partition coefficient (Wildman–Crippen LogP) is 2.15. The van der Waals surface area contributed by atoms with E-state index in [0.717, 1.165) is 0 Å². The maximum atomic E-state index is 11.2. The predicted molar refractivity (Wildman–Crippen MR) is 57.1 cm³/mol. The topological polar surface area (TPSA) is 54.4 Å². The highest BCUT2D eigenvalue weighted by molar-refractivity contribution is 5.99. The average molecular weight is 206 g/mol. The van der Waals surface area contributed by atoms with Crippen molar-refractivity contribution >= 4 is 11.6 Å².